The third-order valence-electron chi connectivity index (χ3n) is 1.45. The third-order valence-corrected chi connectivity index (χ3v) is 1.45. The number of carbonyl (C=O) groups is 1. The van der Waals surface area contributed by atoms with E-state index in [0.717, 1.165) is 0 Å². The summed E-state index contributed by atoms with van der Waals surface area (Å²) >= 11 is 0. The van der Waals surface area contributed by atoms with E-state index in [0.29, 0.717) is 19.4 Å². The van der Waals surface area contributed by atoms with Gasteiger partial charge in [-0.15, -0.1) is 0 Å². The van der Waals surface area contributed by atoms with Crippen LogP contribution in [0.4, 0.5) is 0 Å². The Labute approximate surface area is 71.5 Å². The molecule has 12 heavy (non-hydrogen) atoms. The van der Waals surface area contributed by atoms with Gasteiger partial charge in [0.2, 0.25) is 0 Å². The molecule has 0 bridgehead atoms. The Morgan fingerprint density at radius 3 is 2.67 bits per heavy atom. The van der Waals surface area contributed by atoms with E-state index in [9.17, 15) is 4.79 Å². The van der Waals surface area contributed by atoms with Gasteiger partial charge in [-0.2, -0.15) is 0 Å². The molecule has 0 spiro atoms. The molecule has 5 N–H and O–H groups in total. The van der Waals surface area contributed by atoms with Crippen molar-refractivity contribution in [3.05, 3.63) is 0 Å². The summed E-state index contributed by atoms with van der Waals surface area (Å²) < 4.78 is 0. The van der Waals surface area contributed by atoms with Crippen LogP contribution in [-0.2, 0) is 4.79 Å². The Kier molecular flexibility index (Phi) is 5.03. The van der Waals surface area contributed by atoms with Gasteiger partial charge in [0.05, 0.1) is 5.84 Å². The number of nitrogens with one attached hydrogen (secondary N) is 2. The number of hydrogen-bond acceptors (Lipinski definition) is 3. The van der Waals surface area contributed by atoms with Crippen LogP contribution in [0.25, 0.3) is 0 Å². The number of aliphatic carboxylic acids is 1. The van der Waals surface area contributed by atoms with Crippen molar-refractivity contribution in [3.63, 3.8) is 0 Å². The highest BCUT2D eigenvalue weighted by molar-refractivity contribution is 5.79. The third kappa shape index (κ3) is 4.68. The van der Waals surface area contributed by atoms with Crippen molar-refractivity contribution in [1.29, 1.82) is 5.41 Å². The molecule has 5 nitrogen and oxygen atoms in total. The quantitative estimate of drug-likeness (QED) is 0.329. The molecule has 0 fully saturated rings. The predicted octanol–water partition coefficient (Wildman–Crippen LogP) is -0.235. The van der Waals surface area contributed by atoms with Crippen molar-refractivity contribution in [2.24, 2.45) is 5.73 Å². The van der Waals surface area contributed by atoms with E-state index in [1.165, 1.54) is 0 Å². The highest BCUT2D eigenvalue weighted by atomic mass is 16.4. The molecule has 0 aromatic carbocycles. The molecule has 1 atom stereocenters. The zero-order chi connectivity index (χ0) is 9.56. The number of amidine groups is 1. The minimum Gasteiger partial charge on any atom is -0.480 e. The lowest BCUT2D eigenvalue weighted by molar-refractivity contribution is -0.139. The largest absolute Gasteiger partial charge is 0.480 e. The van der Waals surface area contributed by atoms with Gasteiger partial charge in [-0.1, -0.05) is 6.92 Å². The van der Waals surface area contributed by atoms with E-state index >= 15 is 0 Å². The molecule has 0 aliphatic carbocycles. The van der Waals surface area contributed by atoms with Crippen LogP contribution in [0.1, 0.15) is 19.8 Å². The van der Waals surface area contributed by atoms with Crippen LogP contribution >= 0.6 is 0 Å². The molecule has 0 radical (unpaired) electrons. The summed E-state index contributed by atoms with van der Waals surface area (Å²) in [4.78, 5) is 10.5. The van der Waals surface area contributed by atoms with Crippen LogP contribution in [0.5, 0.6) is 0 Å². The van der Waals surface area contributed by atoms with Crippen molar-refractivity contribution >= 4 is 11.8 Å². The van der Waals surface area contributed by atoms with Crippen molar-refractivity contribution in [1.82, 2.24) is 5.32 Å². The second kappa shape index (κ2) is 5.54. The number of hydrogen-bond donors (Lipinski definition) is 4. The van der Waals surface area contributed by atoms with E-state index in [1.807, 2.05) is 6.92 Å². The first-order valence-corrected chi connectivity index (χ1v) is 3.87. The monoisotopic (exact) mass is 173 g/mol. The van der Waals surface area contributed by atoms with Gasteiger partial charge in [0, 0.05) is 6.42 Å². The summed E-state index contributed by atoms with van der Waals surface area (Å²) in [5.74, 6) is -0.864. The van der Waals surface area contributed by atoms with E-state index < -0.39 is 12.0 Å². The lowest BCUT2D eigenvalue weighted by Gasteiger charge is -2.11. The van der Waals surface area contributed by atoms with Gasteiger partial charge in [0.25, 0.3) is 0 Å². The van der Waals surface area contributed by atoms with Crippen LogP contribution in [0.2, 0.25) is 0 Å². The lowest BCUT2D eigenvalue weighted by Crippen LogP contribution is -2.37. The standard InChI is InChI=1S/C7H15N3O2/c1-2-10-5(7(11)12)3-4-6(8)9/h5,10H,2-4H2,1H3,(H3,8,9)(H,11,12). The highest BCUT2D eigenvalue weighted by Crippen LogP contribution is 1.96. The fourth-order valence-electron chi connectivity index (χ4n) is 0.859. The van der Waals surface area contributed by atoms with Gasteiger partial charge in [-0.3, -0.25) is 10.2 Å². The number of nitrogens with two attached hydrogens (primary N) is 1. The van der Waals surface area contributed by atoms with Gasteiger partial charge in [-0.05, 0) is 13.0 Å². The summed E-state index contributed by atoms with van der Waals surface area (Å²) in [6.45, 7) is 2.44. The SMILES string of the molecule is CCNC(CCC(=N)N)C(=O)O. The van der Waals surface area contributed by atoms with Crippen LogP contribution in [0.3, 0.4) is 0 Å². The molecular weight excluding hydrogens is 158 g/mol. The Morgan fingerprint density at radius 2 is 2.33 bits per heavy atom. The van der Waals surface area contributed by atoms with Gasteiger partial charge in [0.15, 0.2) is 0 Å². The molecule has 0 amide bonds. The Morgan fingerprint density at radius 1 is 1.75 bits per heavy atom. The van der Waals surface area contributed by atoms with Crippen LogP contribution < -0.4 is 11.1 Å². The first-order valence-electron chi connectivity index (χ1n) is 3.87. The Hall–Kier alpha value is -1.10. The fourth-order valence-corrected chi connectivity index (χ4v) is 0.859. The fraction of sp³-hybridized carbons (Fsp3) is 0.714. The molecule has 0 heterocycles. The van der Waals surface area contributed by atoms with E-state index in [-0.39, 0.29) is 5.84 Å². The van der Waals surface area contributed by atoms with Crippen molar-refractivity contribution < 1.29 is 9.90 Å². The van der Waals surface area contributed by atoms with Crippen LogP contribution in [0.15, 0.2) is 0 Å². The molecule has 0 saturated carbocycles. The van der Waals surface area contributed by atoms with Gasteiger partial charge < -0.3 is 16.2 Å². The molecule has 0 aliphatic rings. The van der Waals surface area contributed by atoms with Crippen molar-refractivity contribution in [3.8, 4) is 0 Å². The molecular formula is C7H15N3O2. The summed E-state index contributed by atoms with van der Waals surface area (Å²) in [7, 11) is 0. The number of likely N-dealkylation sites (N-methyl/N-ethyl adjacent to an activating group) is 1. The second-order valence-electron chi connectivity index (χ2n) is 2.51. The molecule has 1 unspecified atom stereocenters. The summed E-state index contributed by atoms with van der Waals surface area (Å²) in [6, 6.07) is -0.584. The number of carboxylic acid groups (broad SMARTS) is 1. The molecule has 0 saturated heterocycles. The molecule has 0 aromatic heterocycles. The van der Waals surface area contributed by atoms with Crippen molar-refractivity contribution in [2.75, 3.05) is 6.54 Å². The maximum absolute atomic E-state index is 10.5. The topological polar surface area (TPSA) is 99.2 Å². The maximum Gasteiger partial charge on any atom is 0.320 e. The lowest BCUT2D eigenvalue weighted by atomic mass is 10.1. The zero-order valence-corrected chi connectivity index (χ0v) is 7.13. The summed E-state index contributed by atoms with van der Waals surface area (Å²) in [5, 5.41) is 18.3. The average Bonchev–Trinajstić information content (AvgIpc) is 1.96. The first-order chi connectivity index (χ1) is 5.57. The molecule has 70 valence electrons. The average molecular weight is 173 g/mol. The first kappa shape index (κ1) is 10.9. The van der Waals surface area contributed by atoms with E-state index in [4.69, 9.17) is 16.2 Å². The molecule has 5 heteroatoms. The highest BCUT2D eigenvalue weighted by Gasteiger charge is 2.15. The van der Waals surface area contributed by atoms with Crippen molar-refractivity contribution in [2.45, 2.75) is 25.8 Å². The Balaban J connectivity index is 3.79. The minimum absolute atomic E-state index is 0.0270. The second-order valence-corrected chi connectivity index (χ2v) is 2.51. The summed E-state index contributed by atoms with van der Waals surface area (Å²) in [6.07, 6.45) is 0.697. The van der Waals surface area contributed by atoms with Gasteiger partial charge >= 0.3 is 5.97 Å². The van der Waals surface area contributed by atoms with Crippen LogP contribution in [-0.4, -0.2) is 29.5 Å². The van der Waals surface area contributed by atoms with E-state index in [2.05, 4.69) is 5.32 Å². The normalized spacial score (nSPS) is 12.4. The summed E-state index contributed by atoms with van der Waals surface area (Å²) in [5.41, 5.74) is 5.10. The maximum atomic E-state index is 10.5. The Bertz CT molecular complexity index is 170. The zero-order valence-electron chi connectivity index (χ0n) is 7.13. The number of rotatable bonds is 6. The van der Waals surface area contributed by atoms with E-state index in [1.54, 1.807) is 0 Å². The van der Waals surface area contributed by atoms with Crippen LogP contribution in [0, 0.1) is 5.41 Å². The van der Waals surface area contributed by atoms with Gasteiger partial charge in [0.1, 0.15) is 6.04 Å². The molecule has 0 aliphatic heterocycles. The smallest absolute Gasteiger partial charge is 0.320 e. The molecule has 0 rings (SSSR count). The predicted molar refractivity (Wildman–Crippen MR) is 46.2 cm³/mol. The molecule has 0 aromatic rings. The number of carboxylic acids is 1. The van der Waals surface area contributed by atoms with Gasteiger partial charge in [-0.25, -0.2) is 0 Å². The minimum atomic E-state index is -0.891.